The average molecular weight is 339 g/mol. The monoisotopic (exact) mass is 338 g/mol. The third kappa shape index (κ3) is 29.7. The smallest absolute Gasteiger partial charge is 0.0351 e. The van der Waals surface area contributed by atoms with Gasteiger partial charge in [-0.15, -0.1) is 0 Å². The topological polar surface area (TPSA) is 0 Å². The minimum absolute atomic E-state index is 1.26. The van der Waals surface area contributed by atoms with Crippen molar-refractivity contribution in [2.24, 2.45) is 0 Å². The molecule has 0 radical (unpaired) electrons. The van der Waals surface area contributed by atoms with E-state index in [1.54, 1.807) is 0 Å². The van der Waals surface area contributed by atoms with Crippen LogP contribution in [0.3, 0.4) is 0 Å². The Labute approximate surface area is 155 Å². The summed E-state index contributed by atoms with van der Waals surface area (Å²) in [4.78, 5) is 0. The van der Waals surface area contributed by atoms with Crippen LogP contribution in [0.4, 0.5) is 0 Å². The average Bonchev–Trinajstić information content (AvgIpc) is 2.60. The zero-order valence-corrected chi connectivity index (χ0v) is 17.9. The highest BCUT2D eigenvalue weighted by atomic mass is 14.0. The van der Waals surface area contributed by atoms with Crippen LogP contribution >= 0.6 is 0 Å². The van der Waals surface area contributed by atoms with Crippen molar-refractivity contribution < 1.29 is 0 Å². The van der Waals surface area contributed by atoms with Gasteiger partial charge in [0.2, 0.25) is 0 Å². The molecule has 24 heavy (non-hydrogen) atoms. The Kier molecular flexibility index (Phi) is 29.9. The molecule has 146 valence electrons. The fourth-order valence-electron chi connectivity index (χ4n) is 2.83. The van der Waals surface area contributed by atoms with Gasteiger partial charge in [0.15, 0.2) is 0 Å². The van der Waals surface area contributed by atoms with Crippen LogP contribution < -0.4 is 0 Å². The van der Waals surface area contributed by atoms with E-state index in [0.717, 1.165) is 0 Å². The van der Waals surface area contributed by atoms with E-state index >= 15 is 0 Å². The molecule has 0 aliphatic rings. The van der Waals surface area contributed by atoms with E-state index in [1.165, 1.54) is 116 Å². The quantitative estimate of drug-likeness (QED) is 0.183. The predicted octanol–water partition coefficient (Wildman–Crippen LogP) is 9.63. The second-order valence-corrected chi connectivity index (χ2v) is 7.29. The molecule has 0 rings (SSSR count). The second kappa shape index (κ2) is 27.6. The summed E-state index contributed by atoms with van der Waals surface area (Å²) in [5.74, 6) is 0. The Hall–Kier alpha value is -0.260. The summed E-state index contributed by atoms with van der Waals surface area (Å²) in [7, 11) is 0. The molecule has 0 atom stereocenters. The summed E-state index contributed by atoms with van der Waals surface area (Å²) in [6, 6.07) is 0. The van der Waals surface area contributed by atoms with E-state index < -0.39 is 0 Å². The molecule has 0 aromatic rings. The van der Waals surface area contributed by atoms with Gasteiger partial charge in [0.1, 0.15) is 0 Å². The largest absolute Gasteiger partial charge is 0.0885 e. The van der Waals surface area contributed by atoms with E-state index in [0.29, 0.717) is 0 Å². The molecule has 0 heteroatoms. The van der Waals surface area contributed by atoms with E-state index in [-0.39, 0.29) is 0 Å². The first-order chi connectivity index (χ1) is 11.8. The van der Waals surface area contributed by atoms with Crippen LogP contribution in [-0.4, -0.2) is 0 Å². The lowest BCUT2D eigenvalue weighted by molar-refractivity contribution is 0.566. The minimum Gasteiger partial charge on any atom is -0.0885 e. The third-order valence-corrected chi connectivity index (χ3v) is 4.55. The van der Waals surface area contributed by atoms with Crippen molar-refractivity contribution in [1.82, 2.24) is 0 Å². The maximum atomic E-state index is 2.37. The summed E-state index contributed by atoms with van der Waals surface area (Å²) in [5, 5.41) is 0. The van der Waals surface area contributed by atoms with Crippen LogP contribution in [0.5, 0.6) is 0 Å². The van der Waals surface area contributed by atoms with Gasteiger partial charge in [0.25, 0.3) is 0 Å². The molecule has 0 spiro atoms. The molecule has 0 aromatic carbocycles. The Bertz CT molecular complexity index is 198. The Morgan fingerprint density at radius 3 is 1.04 bits per heavy atom. The van der Waals surface area contributed by atoms with Gasteiger partial charge in [0.05, 0.1) is 0 Å². The Morgan fingerprint density at radius 2 is 0.667 bits per heavy atom. The van der Waals surface area contributed by atoms with Crippen LogP contribution in [0.15, 0.2) is 12.2 Å². The zero-order chi connectivity index (χ0) is 18.1. The lowest BCUT2D eigenvalue weighted by atomic mass is 10.1. The number of allylic oxidation sites excluding steroid dienone is 2. The fraction of sp³-hybridized carbons (Fsp3) is 0.917. The first kappa shape index (κ1) is 26.0. The molecule has 0 aliphatic heterocycles. The van der Waals surface area contributed by atoms with Crippen molar-refractivity contribution >= 4 is 0 Å². The number of hydrogen-bond acceptors (Lipinski definition) is 0. The van der Waals surface area contributed by atoms with Crippen molar-refractivity contribution in [2.45, 2.75) is 143 Å². The number of unbranched alkanes of at least 4 members (excludes halogenated alkanes) is 15. The van der Waals surface area contributed by atoms with Gasteiger partial charge in [-0.1, -0.05) is 136 Å². The molecular weight excluding hydrogens is 288 g/mol. The molecular formula is C24H50. The lowest BCUT2D eigenvalue weighted by Gasteiger charge is -2.00. The van der Waals surface area contributed by atoms with E-state index in [1.807, 2.05) is 0 Å². The molecule has 0 saturated heterocycles. The van der Waals surface area contributed by atoms with Crippen LogP contribution in [0, 0.1) is 0 Å². The van der Waals surface area contributed by atoms with E-state index in [2.05, 4.69) is 39.8 Å². The van der Waals surface area contributed by atoms with Crippen molar-refractivity contribution in [3.8, 4) is 0 Å². The summed E-state index contributed by atoms with van der Waals surface area (Å²) < 4.78 is 0. The maximum Gasteiger partial charge on any atom is -0.0351 e. The number of hydrogen-bond donors (Lipinski definition) is 0. The highest BCUT2D eigenvalue weighted by Gasteiger charge is 1.91. The van der Waals surface area contributed by atoms with Gasteiger partial charge in [-0.05, 0) is 19.3 Å². The Balaban J connectivity index is 0. The standard InChI is InChI=1S/C16H32.C8H18/c1-3-5-7-9-11-13-15-16-14-12-10-8-6-4-2;1-3-5-7-8-6-4-2/h7,9H,3-6,8,10-16H2,1-2H3;3-8H2,1-2H3. The second-order valence-electron chi connectivity index (χ2n) is 7.29. The highest BCUT2D eigenvalue weighted by Crippen LogP contribution is 2.10. The molecule has 0 aromatic heterocycles. The van der Waals surface area contributed by atoms with Crippen molar-refractivity contribution in [3.05, 3.63) is 12.2 Å². The third-order valence-electron chi connectivity index (χ3n) is 4.55. The van der Waals surface area contributed by atoms with Gasteiger partial charge >= 0.3 is 0 Å². The van der Waals surface area contributed by atoms with Gasteiger partial charge in [0, 0.05) is 0 Å². The summed E-state index contributed by atoms with van der Waals surface area (Å²) in [6.45, 7) is 9.03. The SMILES string of the molecule is CCCC=CCCCCCCCCCCC.CCCCCCCC. The lowest BCUT2D eigenvalue weighted by Crippen LogP contribution is -1.80. The molecule has 0 unspecified atom stereocenters. The normalized spacial score (nSPS) is 10.8. The van der Waals surface area contributed by atoms with Crippen LogP contribution in [0.2, 0.25) is 0 Å². The summed E-state index contributed by atoms with van der Waals surface area (Å²) in [5.41, 5.74) is 0. The van der Waals surface area contributed by atoms with Crippen LogP contribution in [0.25, 0.3) is 0 Å². The van der Waals surface area contributed by atoms with E-state index in [4.69, 9.17) is 0 Å². The fourth-order valence-corrected chi connectivity index (χ4v) is 2.83. The molecule has 0 saturated carbocycles. The molecule has 0 heterocycles. The summed E-state index contributed by atoms with van der Waals surface area (Å²) in [6.07, 6.45) is 30.0. The van der Waals surface area contributed by atoms with E-state index in [9.17, 15) is 0 Å². The van der Waals surface area contributed by atoms with Crippen molar-refractivity contribution in [1.29, 1.82) is 0 Å². The zero-order valence-electron chi connectivity index (χ0n) is 17.9. The summed E-state index contributed by atoms with van der Waals surface area (Å²) >= 11 is 0. The highest BCUT2D eigenvalue weighted by molar-refractivity contribution is 4.80. The van der Waals surface area contributed by atoms with Crippen LogP contribution in [-0.2, 0) is 0 Å². The molecule has 0 fully saturated rings. The van der Waals surface area contributed by atoms with Gasteiger partial charge in [-0.3, -0.25) is 0 Å². The molecule has 0 N–H and O–H groups in total. The maximum absolute atomic E-state index is 2.37. The first-order valence-electron chi connectivity index (χ1n) is 11.5. The molecule has 0 aliphatic carbocycles. The minimum atomic E-state index is 1.26. The first-order valence-corrected chi connectivity index (χ1v) is 11.5. The molecule has 0 amide bonds. The predicted molar refractivity (Wildman–Crippen MR) is 115 cm³/mol. The van der Waals surface area contributed by atoms with Gasteiger partial charge in [-0.2, -0.15) is 0 Å². The van der Waals surface area contributed by atoms with Gasteiger partial charge in [-0.25, -0.2) is 0 Å². The molecule has 0 bridgehead atoms. The van der Waals surface area contributed by atoms with Crippen molar-refractivity contribution in [3.63, 3.8) is 0 Å². The van der Waals surface area contributed by atoms with Gasteiger partial charge < -0.3 is 0 Å². The molecule has 0 nitrogen and oxygen atoms in total. The Morgan fingerprint density at radius 1 is 0.333 bits per heavy atom. The van der Waals surface area contributed by atoms with Crippen molar-refractivity contribution in [2.75, 3.05) is 0 Å². The van der Waals surface area contributed by atoms with Crippen LogP contribution in [0.1, 0.15) is 143 Å². The number of rotatable bonds is 17.